The molecule has 0 fully saturated rings. The highest BCUT2D eigenvalue weighted by molar-refractivity contribution is 5.84. The van der Waals surface area contributed by atoms with Gasteiger partial charge in [0.2, 0.25) is 0 Å². The van der Waals surface area contributed by atoms with Gasteiger partial charge in [0.15, 0.2) is 11.6 Å². The van der Waals surface area contributed by atoms with Crippen LogP contribution in [0.4, 0.5) is 0 Å². The number of aromatic nitrogens is 2. The van der Waals surface area contributed by atoms with Gasteiger partial charge in [0, 0.05) is 11.5 Å². The Balaban J connectivity index is 1.93. The fraction of sp³-hybridized carbons (Fsp3) is 0. The molecule has 0 atom stereocenters. The second kappa shape index (κ2) is 3.62. The van der Waals surface area contributed by atoms with Crippen molar-refractivity contribution >= 4 is 22.0 Å². The molecule has 0 bridgehead atoms. The largest absolute Gasteiger partial charge is 0.508 e. The van der Waals surface area contributed by atoms with E-state index in [1.807, 2.05) is 30.3 Å². The number of H-pyrrole nitrogens is 1. The van der Waals surface area contributed by atoms with E-state index in [4.69, 9.17) is 4.42 Å². The summed E-state index contributed by atoms with van der Waals surface area (Å²) in [6, 6.07) is 14.8. The maximum absolute atomic E-state index is 9.45. The van der Waals surface area contributed by atoms with Crippen molar-refractivity contribution in [2.75, 3.05) is 0 Å². The molecule has 0 aliphatic heterocycles. The van der Waals surface area contributed by atoms with Crippen molar-refractivity contribution in [2.45, 2.75) is 0 Å². The highest BCUT2D eigenvalue weighted by Crippen LogP contribution is 2.28. The second-order valence-electron chi connectivity index (χ2n) is 4.44. The van der Waals surface area contributed by atoms with E-state index in [0.29, 0.717) is 11.6 Å². The van der Waals surface area contributed by atoms with Crippen LogP contribution in [0, 0.1) is 0 Å². The minimum atomic E-state index is 0.215. The molecule has 0 saturated heterocycles. The first-order valence-electron chi connectivity index (χ1n) is 5.97. The zero-order valence-corrected chi connectivity index (χ0v) is 9.92. The van der Waals surface area contributed by atoms with Gasteiger partial charge in [-0.1, -0.05) is 18.2 Å². The third-order valence-electron chi connectivity index (χ3n) is 3.12. The van der Waals surface area contributed by atoms with E-state index in [0.717, 1.165) is 22.0 Å². The number of phenolic OH excluding ortho intramolecular Hbond substituents is 1. The number of aromatic hydroxyl groups is 1. The van der Waals surface area contributed by atoms with Crippen molar-refractivity contribution in [3.63, 3.8) is 0 Å². The summed E-state index contributed by atoms with van der Waals surface area (Å²) in [5, 5.41) is 10.5. The predicted octanol–water partition coefficient (Wildman–Crippen LogP) is 3.68. The number of nitrogens with zero attached hydrogens (tertiary/aromatic N) is 1. The standard InChI is InChI=1S/C15H10N2O2/c18-10-5-6-11-12(8-10)17-15(16-11)14-7-9-3-1-2-4-13(9)19-14/h1-8,18H,(H,16,17). The van der Waals surface area contributed by atoms with Crippen LogP contribution in [0.1, 0.15) is 0 Å². The van der Waals surface area contributed by atoms with Crippen LogP contribution in [0.25, 0.3) is 33.6 Å². The predicted molar refractivity (Wildman–Crippen MR) is 73.0 cm³/mol. The summed E-state index contributed by atoms with van der Waals surface area (Å²) >= 11 is 0. The highest BCUT2D eigenvalue weighted by atomic mass is 16.3. The molecule has 0 radical (unpaired) electrons. The summed E-state index contributed by atoms with van der Waals surface area (Å²) in [6.45, 7) is 0. The Kier molecular flexibility index (Phi) is 1.94. The zero-order chi connectivity index (χ0) is 12.8. The van der Waals surface area contributed by atoms with Crippen LogP contribution in [0.15, 0.2) is 52.9 Å². The van der Waals surface area contributed by atoms with Crippen molar-refractivity contribution in [1.29, 1.82) is 0 Å². The first kappa shape index (κ1) is 10.2. The lowest BCUT2D eigenvalue weighted by Crippen LogP contribution is -1.74. The Morgan fingerprint density at radius 3 is 2.84 bits per heavy atom. The van der Waals surface area contributed by atoms with Gasteiger partial charge in [-0.15, -0.1) is 0 Å². The molecule has 0 aliphatic rings. The van der Waals surface area contributed by atoms with Gasteiger partial charge in [0.05, 0.1) is 11.0 Å². The Labute approximate surface area is 108 Å². The number of phenols is 1. The number of furan rings is 1. The Morgan fingerprint density at radius 2 is 1.95 bits per heavy atom. The van der Waals surface area contributed by atoms with Crippen LogP contribution >= 0.6 is 0 Å². The number of hydrogen-bond donors (Lipinski definition) is 2. The number of hydrogen-bond acceptors (Lipinski definition) is 3. The molecule has 0 unspecified atom stereocenters. The molecule has 4 aromatic rings. The Hall–Kier alpha value is -2.75. The molecule has 4 rings (SSSR count). The van der Waals surface area contributed by atoms with E-state index < -0.39 is 0 Å². The molecule has 2 aromatic carbocycles. The third-order valence-corrected chi connectivity index (χ3v) is 3.12. The van der Waals surface area contributed by atoms with Crippen LogP contribution in [0.2, 0.25) is 0 Å². The van der Waals surface area contributed by atoms with Gasteiger partial charge in [0.25, 0.3) is 0 Å². The molecule has 0 saturated carbocycles. The summed E-state index contributed by atoms with van der Waals surface area (Å²) in [4.78, 5) is 7.61. The molecular weight excluding hydrogens is 240 g/mol. The highest BCUT2D eigenvalue weighted by Gasteiger charge is 2.10. The van der Waals surface area contributed by atoms with Crippen molar-refractivity contribution in [2.24, 2.45) is 0 Å². The zero-order valence-electron chi connectivity index (χ0n) is 9.92. The minimum Gasteiger partial charge on any atom is -0.508 e. The number of aromatic amines is 1. The SMILES string of the molecule is Oc1ccc2nc(-c3cc4ccccc4o3)[nH]c2c1. The van der Waals surface area contributed by atoms with E-state index in [1.165, 1.54) is 0 Å². The molecule has 0 amide bonds. The van der Waals surface area contributed by atoms with Crippen LogP contribution < -0.4 is 0 Å². The normalized spacial score (nSPS) is 11.4. The van der Waals surface area contributed by atoms with Crippen molar-refractivity contribution < 1.29 is 9.52 Å². The Morgan fingerprint density at radius 1 is 1.05 bits per heavy atom. The maximum Gasteiger partial charge on any atom is 0.174 e. The number of rotatable bonds is 1. The van der Waals surface area contributed by atoms with Crippen LogP contribution in [-0.2, 0) is 0 Å². The quantitative estimate of drug-likeness (QED) is 0.541. The van der Waals surface area contributed by atoms with E-state index >= 15 is 0 Å². The van der Waals surface area contributed by atoms with E-state index in [-0.39, 0.29) is 5.75 Å². The summed E-state index contributed by atoms with van der Waals surface area (Å²) in [6.07, 6.45) is 0. The maximum atomic E-state index is 9.45. The van der Waals surface area contributed by atoms with E-state index in [9.17, 15) is 5.11 Å². The number of benzene rings is 2. The third kappa shape index (κ3) is 1.57. The number of fused-ring (bicyclic) bond motifs is 2. The second-order valence-corrected chi connectivity index (χ2v) is 4.44. The molecule has 2 N–H and O–H groups in total. The molecular formula is C15H10N2O2. The molecule has 2 heterocycles. The van der Waals surface area contributed by atoms with Crippen molar-refractivity contribution in [1.82, 2.24) is 9.97 Å². The summed E-state index contributed by atoms with van der Waals surface area (Å²) in [5.74, 6) is 1.57. The lowest BCUT2D eigenvalue weighted by atomic mass is 10.2. The molecule has 92 valence electrons. The number of para-hydroxylation sites is 1. The van der Waals surface area contributed by atoms with Crippen molar-refractivity contribution in [3.8, 4) is 17.3 Å². The summed E-state index contributed by atoms with van der Waals surface area (Å²) < 4.78 is 5.76. The monoisotopic (exact) mass is 250 g/mol. The van der Waals surface area contributed by atoms with Crippen LogP contribution in [0.3, 0.4) is 0 Å². The summed E-state index contributed by atoms with van der Waals surface area (Å²) in [5.41, 5.74) is 2.42. The topological polar surface area (TPSA) is 62.1 Å². The lowest BCUT2D eigenvalue weighted by molar-refractivity contribution is 0.476. The van der Waals surface area contributed by atoms with Gasteiger partial charge in [-0.3, -0.25) is 0 Å². The fourth-order valence-electron chi connectivity index (χ4n) is 2.21. The molecule has 4 nitrogen and oxygen atoms in total. The van der Waals surface area contributed by atoms with Crippen LogP contribution in [0.5, 0.6) is 5.75 Å². The van der Waals surface area contributed by atoms with Gasteiger partial charge in [-0.25, -0.2) is 4.98 Å². The number of nitrogens with one attached hydrogen (secondary N) is 1. The van der Waals surface area contributed by atoms with E-state index in [1.54, 1.807) is 18.2 Å². The molecule has 0 spiro atoms. The van der Waals surface area contributed by atoms with Gasteiger partial charge in [-0.2, -0.15) is 0 Å². The summed E-state index contributed by atoms with van der Waals surface area (Å²) in [7, 11) is 0. The lowest BCUT2D eigenvalue weighted by Gasteiger charge is -1.88. The average molecular weight is 250 g/mol. The number of imidazole rings is 1. The van der Waals surface area contributed by atoms with Gasteiger partial charge in [-0.05, 0) is 24.3 Å². The Bertz CT molecular complexity index is 856. The van der Waals surface area contributed by atoms with Gasteiger partial charge >= 0.3 is 0 Å². The minimum absolute atomic E-state index is 0.215. The van der Waals surface area contributed by atoms with Gasteiger partial charge in [0.1, 0.15) is 11.3 Å². The first-order chi connectivity index (χ1) is 9.29. The van der Waals surface area contributed by atoms with E-state index in [2.05, 4.69) is 9.97 Å². The van der Waals surface area contributed by atoms with Gasteiger partial charge < -0.3 is 14.5 Å². The molecule has 2 aromatic heterocycles. The smallest absolute Gasteiger partial charge is 0.174 e. The molecule has 19 heavy (non-hydrogen) atoms. The molecule has 4 heteroatoms. The first-order valence-corrected chi connectivity index (χ1v) is 5.97. The average Bonchev–Trinajstić information content (AvgIpc) is 3.00. The van der Waals surface area contributed by atoms with Crippen LogP contribution in [-0.4, -0.2) is 15.1 Å². The van der Waals surface area contributed by atoms with Crippen molar-refractivity contribution in [3.05, 3.63) is 48.5 Å². The molecule has 0 aliphatic carbocycles. The fourth-order valence-corrected chi connectivity index (χ4v) is 2.21.